The minimum absolute atomic E-state index is 0.241. The molecule has 0 amide bonds. The van der Waals surface area contributed by atoms with Gasteiger partial charge in [0.05, 0.1) is 14.7 Å². The quantitative estimate of drug-likeness (QED) is 0.600. The number of thiazole rings is 1. The highest BCUT2D eigenvalue weighted by Crippen LogP contribution is 2.30. The van der Waals surface area contributed by atoms with E-state index in [0.29, 0.717) is 11.0 Å². The summed E-state index contributed by atoms with van der Waals surface area (Å²) in [5.74, 6) is -0.241. The number of nitrogens with zero attached hydrogens (tertiary/aromatic N) is 1. The van der Waals surface area contributed by atoms with E-state index in [4.69, 9.17) is 0 Å². The van der Waals surface area contributed by atoms with Crippen LogP contribution in [0, 0.1) is 5.82 Å². The summed E-state index contributed by atoms with van der Waals surface area (Å²) < 4.78 is 15.9. The number of hydrogen-bond acceptors (Lipinski definition) is 4. The van der Waals surface area contributed by atoms with Crippen LogP contribution in [-0.2, 0) is 6.54 Å². The number of nitrogens with one attached hydrogen (secondary N) is 1. The molecular formula is C15H12BrFN2S2. The van der Waals surface area contributed by atoms with Crippen LogP contribution in [0.4, 0.5) is 10.1 Å². The van der Waals surface area contributed by atoms with Crippen molar-refractivity contribution in [2.24, 2.45) is 0 Å². The molecule has 0 radical (unpaired) electrons. The molecule has 6 heteroatoms. The average molecular weight is 383 g/mol. The van der Waals surface area contributed by atoms with Crippen LogP contribution < -0.4 is 5.32 Å². The summed E-state index contributed by atoms with van der Waals surface area (Å²) in [5.41, 5.74) is 3.09. The molecule has 21 heavy (non-hydrogen) atoms. The molecule has 108 valence electrons. The third-order valence-electron chi connectivity index (χ3n) is 3.02. The van der Waals surface area contributed by atoms with Gasteiger partial charge in [0.25, 0.3) is 0 Å². The Morgan fingerprint density at radius 3 is 2.90 bits per heavy atom. The highest BCUT2D eigenvalue weighted by atomic mass is 79.9. The fraction of sp³-hybridized carbons (Fsp3) is 0.133. The fourth-order valence-corrected chi connectivity index (χ4v) is 3.91. The summed E-state index contributed by atoms with van der Waals surface area (Å²) in [6, 6.07) is 11.2. The van der Waals surface area contributed by atoms with Gasteiger partial charge in [0, 0.05) is 12.2 Å². The first-order chi connectivity index (χ1) is 10.2. The Morgan fingerprint density at radius 1 is 1.29 bits per heavy atom. The number of aromatic nitrogens is 1. The lowest BCUT2D eigenvalue weighted by Crippen LogP contribution is -1.99. The molecule has 0 spiro atoms. The number of rotatable bonds is 4. The molecule has 0 aliphatic rings. The molecule has 1 N–H and O–H groups in total. The smallest absolute Gasteiger partial charge is 0.150 e. The van der Waals surface area contributed by atoms with E-state index in [2.05, 4.69) is 32.3 Å². The Balaban J connectivity index is 1.76. The van der Waals surface area contributed by atoms with Gasteiger partial charge in [-0.3, -0.25) is 0 Å². The zero-order chi connectivity index (χ0) is 14.8. The standard InChI is InChI=1S/C15H12BrFN2S2/c1-20-15-19-13-5-3-10(7-14(13)21-15)18-8-9-2-4-12(17)11(16)6-9/h2-7,18H,8H2,1H3. The van der Waals surface area contributed by atoms with Crippen LogP contribution >= 0.6 is 39.0 Å². The normalized spacial score (nSPS) is 11.0. The largest absolute Gasteiger partial charge is 0.381 e. The third-order valence-corrected chi connectivity index (χ3v) is 5.64. The van der Waals surface area contributed by atoms with E-state index in [0.717, 1.165) is 21.1 Å². The Kier molecular flexibility index (Phi) is 4.47. The van der Waals surface area contributed by atoms with Gasteiger partial charge in [-0.1, -0.05) is 17.8 Å². The first kappa shape index (κ1) is 14.8. The van der Waals surface area contributed by atoms with Crippen molar-refractivity contribution in [3.8, 4) is 0 Å². The van der Waals surface area contributed by atoms with Crippen molar-refractivity contribution in [2.75, 3.05) is 11.6 Å². The molecule has 0 atom stereocenters. The van der Waals surface area contributed by atoms with Crippen molar-refractivity contribution in [2.45, 2.75) is 10.9 Å². The summed E-state index contributed by atoms with van der Waals surface area (Å²) in [4.78, 5) is 4.52. The Bertz CT molecular complexity index is 788. The van der Waals surface area contributed by atoms with Crippen molar-refractivity contribution in [1.29, 1.82) is 0 Å². The molecule has 3 rings (SSSR count). The van der Waals surface area contributed by atoms with E-state index in [1.807, 2.05) is 18.4 Å². The van der Waals surface area contributed by atoms with Gasteiger partial charge >= 0.3 is 0 Å². The van der Waals surface area contributed by atoms with Crippen LogP contribution in [0.15, 0.2) is 45.2 Å². The molecule has 3 aromatic rings. The van der Waals surface area contributed by atoms with Gasteiger partial charge in [-0.15, -0.1) is 11.3 Å². The third kappa shape index (κ3) is 3.39. The molecule has 0 aliphatic heterocycles. The lowest BCUT2D eigenvalue weighted by atomic mass is 10.2. The highest BCUT2D eigenvalue weighted by molar-refractivity contribution is 9.10. The van der Waals surface area contributed by atoms with Crippen molar-refractivity contribution >= 4 is 54.9 Å². The predicted octanol–water partition coefficient (Wildman–Crippen LogP) is 5.53. The molecule has 2 aromatic carbocycles. The van der Waals surface area contributed by atoms with Crippen molar-refractivity contribution in [3.63, 3.8) is 0 Å². The molecule has 0 aliphatic carbocycles. The molecule has 0 unspecified atom stereocenters. The van der Waals surface area contributed by atoms with E-state index < -0.39 is 0 Å². The zero-order valence-electron chi connectivity index (χ0n) is 11.2. The summed E-state index contributed by atoms with van der Waals surface area (Å²) in [5, 5.41) is 3.36. The zero-order valence-corrected chi connectivity index (χ0v) is 14.4. The first-order valence-electron chi connectivity index (χ1n) is 6.28. The van der Waals surface area contributed by atoms with Crippen LogP contribution in [0.3, 0.4) is 0 Å². The molecule has 0 bridgehead atoms. The predicted molar refractivity (Wildman–Crippen MR) is 92.8 cm³/mol. The van der Waals surface area contributed by atoms with Crippen LogP contribution in [0.2, 0.25) is 0 Å². The Labute approximate surface area is 138 Å². The van der Waals surface area contributed by atoms with E-state index in [1.165, 1.54) is 10.8 Å². The summed E-state index contributed by atoms with van der Waals surface area (Å²) in [6.45, 7) is 0.651. The monoisotopic (exact) mass is 382 g/mol. The fourth-order valence-electron chi connectivity index (χ4n) is 1.95. The average Bonchev–Trinajstić information content (AvgIpc) is 2.90. The number of fused-ring (bicyclic) bond motifs is 1. The van der Waals surface area contributed by atoms with Gasteiger partial charge in [-0.2, -0.15) is 0 Å². The van der Waals surface area contributed by atoms with Gasteiger partial charge in [-0.25, -0.2) is 9.37 Å². The second-order valence-corrected chi connectivity index (χ2v) is 7.41. The number of hydrogen-bond donors (Lipinski definition) is 1. The lowest BCUT2D eigenvalue weighted by Gasteiger charge is -2.07. The van der Waals surface area contributed by atoms with Crippen molar-refractivity contribution in [3.05, 3.63) is 52.3 Å². The van der Waals surface area contributed by atoms with Gasteiger partial charge in [0.1, 0.15) is 5.82 Å². The maximum atomic E-state index is 13.2. The summed E-state index contributed by atoms with van der Waals surface area (Å²) in [6.07, 6.45) is 2.03. The topological polar surface area (TPSA) is 24.9 Å². The van der Waals surface area contributed by atoms with Crippen molar-refractivity contribution < 1.29 is 4.39 Å². The molecule has 1 heterocycles. The van der Waals surface area contributed by atoms with Crippen LogP contribution in [0.1, 0.15) is 5.56 Å². The van der Waals surface area contributed by atoms with Crippen molar-refractivity contribution in [1.82, 2.24) is 4.98 Å². The van der Waals surface area contributed by atoms with Gasteiger partial charge in [0.15, 0.2) is 4.34 Å². The first-order valence-corrected chi connectivity index (χ1v) is 9.11. The molecule has 2 nitrogen and oxygen atoms in total. The molecule has 1 aromatic heterocycles. The van der Waals surface area contributed by atoms with E-state index >= 15 is 0 Å². The van der Waals surface area contributed by atoms with Crippen LogP contribution in [0.25, 0.3) is 10.2 Å². The number of benzene rings is 2. The van der Waals surface area contributed by atoms with Crippen LogP contribution in [-0.4, -0.2) is 11.2 Å². The number of thioether (sulfide) groups is 1. The minimum atomic E-state index is -0.241. The molecule has 0 saturated heterocycles. The highest BCUT2D eigenvalue weighted by Gasteiger charge is 2.04. The summed E-state index contributed by atoms with van der Waals surface area (Å²) in [7, 11) is 0. The van der Waals surface area contributed by atoms with Crippen LogP contribution in [0.5, 0.6) is 0 Å². The Hall–Kier alpha value is -1.11. The Morgan fingerprint density at radius 2 is 2.14 bits per heavy atom. The molecular weight excluding hydrogens is 371 g/mol. The van der Waals surface area contributed by atoms with E-state index in [-0.39, 0.29) is 5.82 Å². The SMILES string of the molecule is CSc1nc2ccc(NCc3ccc(F)c(Br)c3)cc2s1. The molecule has 0 saturated carbocycles. The van der Waals surface area contributed by atoms with Gasteiger partial charge in [-0.05, 0) is 58.1 Å². The number of halogens is 2. The van der Waals surface area contributed by atoms with E-state index in [9.17, 15) is 4.39 Å². The van der Waals surface area contributed by atoms with E-state index in [1.54, 1.807) is 35.2 Å². The maximum absolute atomic E-state index is 13.2. The second-order valence-electron chi connectivity index (χ2n) is 4.47. The van der Waals surface area contributed by atoms with Gasteiger partial charge < -0.3 is 5.32 Å². The molecule has 0 fully saturated rings. The van der Waals surface area contributed by atoms with Gasteiger partial charge in [0.2, 0.25) is 0 Å². The maximum Gasteiger partial charge on any atom is 0.150 e. The number of anilines is 1. The summed E-state index contributed by atoms with van der Waals surface area (Å²) >= 11 is 6.56. The minimum Gasteiger partial charge on any atom is -0.381 e. The second kappa shape index (κ2) is 6.34. The lowest BCUT2D eigenvalue weighted by molar-refractivity contribution is 0.620.